The van der Waals surface area contributed by atoms with E-state index in [4.69, 9.17) is 9.47 Å². The zero-order valence-electron chi connectivity index (χ0n) is 15.1. The van der Waals surface area contributed by atoms with Gasteiger partial charge in [0.2, 0.25) is 11.8 Å². The van der Waals surface area contributed by atoms with Crippen LogP contribution in [0.5, 0.6) is 11.5 Å². The molecule has 1 saturated heterocycles. The second kappa shape index (κ2) is 7.47. The Balaban J connectivity index is 1.75. The average molecular weight is 354 g/mol. The Morgan fingerprint density at radius 3 is 2.69 bits per heavy atom. The lowest BCUT2D eigenvalue weighted by molar-refractivity contribution is -0.122. The van der Waals surface area contributed by atoms with Gasteiger partial charge in [-0.1, -0.05) is 12.1 Å². The Bertz CT molecular complexity index is 834. The summed E-state index contributed by atoms with van der Waals surface area (Å²) in [5.41, 5.74) is 2.38. The van der Waals surface area contributed by atoms with Crippen molar-refractivity contribution in [2.45, 2.75) is 13.3 Å². The predicted molar refractivity (Wildman–Crippen MR) is 99.8 cm³/mol. The minimum Gasteiger partial charge on any atom is -0.497 e. The van der Waals surface area contributed by atoms with Gasteiger partial charge < -0.3 is 19.7 Å². The Hall–Kier alpha value is -3.02. The summed E-state index contributed by atoms with van der Waals surface area (Å²) >= 11 is 0. The summed E-state index contributed by atoms with van der Waals surface area (Å²) in [6.07, 6.45) is 0.174. The molecule has 0 aromatic heterocycles. The second-order valence-electron chi connectivity index (χ2n) is 6.30. The molecule has 1 aliphatic rings. The summed E-state index contributed by atoms with van der Waals surface area (Å²) in [4.78, 5) is 26.7. The molecule has 1 aliphatic heterocycles. The zero-order valence-corrected chi connectivity index (χ0v) is 15.1. The summed E-state index contributed by atoms with van der Waals surface area (Å²) in [6.45, 7) is 2.28. The molecule has 6 heteroatoms. The van der Waals surface area contributed by atoms with Gasteiger partial charge in [0.05, 0.1) is 25.8 Å². The maximum absolute atomic E-state index is 12.6. The zero-order chi connectivity index (χ0) is 18.7. The number of nitrogens with zero attached hydrogens (tertiary/aromatic N) is 1. The van der Waals surface area contributed by atoms with Gasteiger partial charge in [0, 0.05) is 24.7 Å². The number of carbonyl (C=O) groups is 2. The molecule has 0 radical (unpaired) electrons. The van der Waals surface area contributed by atoms with Crippen molar-refractivity contribution in [3.05, 3.63) is 48.0 Å². The first-order valence-electron chi connectivity index (χ1n) is 8.41. The molecule has 1 N–H and O–H groups in total. The standard InChI is InChI=1S/C20H22N2O4/c1-13-7-8-18(26-3)17(9-13)22-12-14(10-19(22)23)20(24)21-15-5-4-6-16(11-15)25-2/h4-9,11,14H,10,12H2,1-3H3,(H,21,24). The van der Waals surface area contributed by atoms with Crippen molar-refractivity contribution < 1.29 is 19.1 Å². The molecule has 1 fully saturated rings. The molecule has 0 saturated carbocycles. The van der Waals surface area contributed by atoms with Gasteiger partial charge in [-0.2, -0.15) is 0 Å². The van der Waals surface area contributed by atoms with Crippen LogP contribution in [0.25, 0.3) is 0 Å². The van der Waals surface area contributed by atoms with Crippen LogP contribution in [0.1, 0.15) is 12.0 Å². The fraction of sp³-hybridized carbons (Fsp3) is 0.300. The van der Waals surface area contributed by atoms with Crippen molar-refractivity contribution in [1.82, 2.24) is 0 Å². The number of nitrogens with one attached hydrogen (secondary N) is 1. The number of aryl methyl sites for hydroxylation is 1. The van der Waals surface area contributed by atoms with Crippen LogP contribution in [-0.2, 0) is 9.59 Å². The quantitative estimate of drug-likeness (QED) is 0.896. The Labute approximate surface area is 152 Å². The number of carbonyl (C=O) groups excluding carboxylic acids is 2. The number of hydrogen-bond donors (Lipinski definition) is 1. The fourth-order valence-electron chi connectivity index (χ4n) is 3.07. The van der Waals surface area contributed by atoms with Gasteiger partial charge in [0.1, 0.15) is 11.5 Å². The summed E-state index contributed by atoms with van der Waals surface area (Å²) in [7, 11) is 3.14. The molecule has 1 atom stereocenters. The maximum atomic E-state index is 12.6. The lowest BCUT2D eigenvalue weighted by Crippen LogP contribution is -2.28. The van der Waals surface area contributed by atoms with E-state index in [9.17, 15) is 9.59 Å². The Morgan fingerprint density at radius 2 is 1.96 bits per heavy atom. The van der Waals surface area contributed by atoms with Crippen molar-refractivity contribution >= 4 is 23.2 Å². The third-order valence-electron chi connectivity index (χ3n) is 4.46. The molecule has 0 aliphatic carbocycles. The lowest BCUT2D eigenvalue weighted by Gasteiger charge is -2.20. The Kier molecular flexibility index (Phi) is 5.11. The second-order valence-corrected chi connectivity index (χ2v) is 6.30. The summed E-state index contributed by atoms with van der Waals surface area (Å²) in [5, 5.41) is 2.86. The highest BCUT2D eigenvalue weighted by Gasteiger charge is 2.36. The van der Waals surface area contributed by atoms with Gasteiger partial charge in [-0.25, -0.2) is 0 Å². The number of benzene rings is 2. The van der Waals surface area contributed by atoms with E-state index in [-0.39, 0.29) is 18.2 Å². The molecule has 2 aromatic carbocycles. The van der Waals surface area contributed by atoms with Crippen molar-refractivity contribution in [2.75, 3.05) is 31.0 Å². The summed E-state index contributed by atoms with van der Waals surface area (Å²) < 4.78 is 10.5. The smallest absolute Gasteiger partial charge is 0.229 e. The first kappa shape index (κ1) is 17.8. The molecule has 1 heterocycles. The number of anilines is 2. The van der Waals surface area contributed by atoms with Crippen LogP contribution in [0, 0.1) is 12.8 Å². The number of amides is 2. The van der Waals surface area contributed by atoms with Crippen LogP contribution in [0.2, 0.25) is 0 Å². The van der Waals surface area contributed by atoms with E-state index in [1.165, 1.54) is 0 Å². The molecule has 6 nitrogen and oxygen atoms in total. The van der Waals surface area contributed by atoms with Gasteiger partial charge in [-0.3, -0.25) is 9.59 Å². The highest BCUT2D eigenvalue weighted by atomic mass is 16.5. The van der Waals surface area contributed by atoms with E-state index in [2.05, 4.69) is 5.32 Å². The van der Waals surface area contributed by atoms with E-state index >= 15 is 0 Å². The van der Waals surface area contributed by atoms with Crippen LogP contribution in [-0.4, -0.2) is 32.6 Å². The first-order valence-corrected chi connectivity index (χ1v) is 8.41. The molecular weight excluding hydrogens is 332 g/mol. The molecule has 3 rings (SSSR count). The number of hydrogen-bond acceptors (Lipinski definition) is 4. The maximum Gasteiger partial charge on any atom is 0.229 e. The molecule has 26 heavy (non-hydrogen) atoms. The largest absolute Gasteiger partial charge is 0.497 e. The number of ether oxygens (including phenoxy) is 2. The SMILES string of the molecule is COc1cccc(NC(=O)C2CC(=O)N(c3cc(C)ccc3OC)C2)c1. The summed E-state index contributed by atoms with van der Waals surface area (Å²) in [5.74, 6) is 0.605. The average Bonchev–Trinajstić information content (AvgIpc) is 3.03. The molecular formula is C20H22N2O4. The first-order chi connectivity index (χ1) is 12.5. The van der Waals surface area contributed by atoms with E-state index in [1.807, 2.05) is 25.1 Å². The van der Waals surface area contributed by atoms with Crippen LogP contribution in [0.15, 0.2) is 42.5 Å². The van der Waals surface area contributed by atoms with Crippen LogP contribution in [0.4, 0.5) is 11.4 Å². The van der Waals surface area contributed by atoms with E-state index < -0.39 is 5.92 Å². The van der Waals surface area contributed by atoms with Crippen molar-refractivity contribution in [1.29, 1.82) is 0 Å². The van der Waals surface area contributed by atoms with Crippen molar-refractivity contribution in [3.63, 3.8) is 0 Å². The van der Waals surface area contributed by atoms with Gasteiger partial charge in [0.25, 0.3) is 0 Å². The highest BCUT2D eigenvalue weighted by molar-refractivity contribution is 6.04. The topological polar surface area (TPSA) is 67.9 Å². The van der Waals surface area contributed by atoms with E-state index in [0.717, 1.165) is 5.56 Å². The molecule has 136 valence electrons. The fourth-order valence-corrected chi connectivity index (χ4v) is 3.07. The molecule has 0 bridgehead atoms. The number of rotatable bonds is 5. The minimum atomic E-state index is -0.418. The minimum absolute atomic E-state index is 0.0836. The number of methoxy groups -OCH3 is 2. The lowest BCUT2D eigenvalue weighted by atomic mass is 10.1. The Morgan fingerprint density at radius 1 is 1.15 bits per heavy atom. The van der Waals surface area contributed by atoms with Gasteiger partial charge in [-0.05, 0) is 36.8 Å². The normalized spacial score (nSPS) is 16.5. The highest BCUT2D eigenvalue weighted by Crippen LogP contribution is 2.34. The third-order valence-corrected chi connectivity index (χ3v) is 4.46. The van der Waals surface area contributed by atoms with E-state index in [1.54, 1.807) is 43.4 Å². The third kappa shape index (κ3) is 3.64. The van der Waals surface area contributed by atoms with E-state index in [0.29, 0.717) is 29.4 Å². The van der Waals surface area contributed by atoms with Crippen LogP contribution in [0.3, 0.4) is 0 Å². The van der Waals surface area contributed by atoms with Crippen LogP contribution < -0.4 is 19.7 Å². The monoisotopic (exact) mass is 354 g/mol. The summed E-state index contributed by atoms with van der Waals surface area (Å²) in [6, 6.07) is 12.8. The van der Waals surface area contributed by atoms with Gasteiger partial charge in [0.15, 0.2) is 0 Å². The molecule has 2 aromatic rings. The van der Waals surface area contributed by atoms with Crippen molar-refractivity contribution in [3.8, 4) is 11.5 Å². The van der Waals surface area contributed by atoms with Crippen molar-refractivity contribution in [2.24, 2.45) is 5.92 Å². The molecule has 1 unspecified atom stereocenters. The molecule has 2 amide bonds. The predicted octanol–water partition coefficient (Wildman–Crippen LogP) is 3.00. The van der Waals surface area contributed by atoms with Gasteiger partial charge in [-0.15, -0.1) is 0 Å². The van der Waals surface area contributed by atoms with Crippen LogP contribution >= 0.6 is 0 Å². The molecule has 0 spiro atoms. The van der Waals surface area contributed by atoms with Gasteiger partial charge >= 0.3 is 0 Å².